The van der Waals surface area contributed by atoms with Gasteiger partial charge in [0.15, 0.2) is 0 Å². The number of rotatable bonds is 6. The first-order valence-corrected chi connectivity index (χ1v) is 9.52. The molecule has 0 spiro atoms. The number of nitrogens with one attached hydrogen (secondary N) is 1. The Bertz CT molecular complexity index is 726. The van der Waals surface area contributed by atoms with Gasteiger partial charge in [0.2, 0.25) is 0 Å². The number of aliphatic hydroxyl groups excluding tert-OH is 1. The van der Waals surface area contributed by atoms with Crippen LogP contribution >= 0.6 is 0 Å². The minimum absolute atomic E-state index is 0.219. The molecule has 0 saturated carbocycles. The molecule has 3 rings (SSSR count). The van der Waals surface area contributed by atoms with Crippen molar-refractivity contribution in [3.63, 3.8) is 0 Å². The molecule has 1 fully saturated rings. The van der Waals surface area contributed by atoms with E-state index in [2.05, 4.69) is 15.2 Å². The molecule has 144 valence electrons. The Labute approximate surface area is 159 Å². The molecule has 5 nitrogen and oxygen atoms in total. The minimum atomic E-state index is -0.574. The number of hydrogen-bond acceptors (Lipinski definition) is 4. The standard InChI is InChI=1S/C21H26FN3O2/c22-18-9-10-20(23-13-18)16-5-7-17(8-6-16)21(27)24-14-19(26)15-25-11-3-1-2-4-12-25/h5-10,13,19,26H,1-4,11-12,14-15H2,(H,24,27)/t19-/m0/s1. The lowest BCUT2D eigenvalue weighted by molar-refractivity contribution is 0.0862. The van der Waals surface area contributed by atoms with Crippen molar-refractivity contribution in [1.82, 2.24) is 15.2 Å². The number of carbonyl (C=O) groups is 1. The molecule has 1 aromatic heterocycles. The van der Waals surface area contributed by atoms with Gasteiger partial charge in [-0.1, -0.05) is 25.0 Å². The molecule has 6 heteroatoms. The van der Waals surface area contributed by atoms with Crippen molar-refractivity contribution >= 4 is 5.91 Å². The van der Waals surface area contributed by atoms with Crippen molar-refractivity contribution in [1.29, 1.82) is 0 Å². The van der Waals surface area contributed by atoms with Crippen LogP contribution in [0.15, 0.2) is 42.6 Å². The lowest BCUT2D eigenvalue weighted by Gasteiger charge is -2.23. The van der Waals surface area contributed by atoms with E-state index in [1.54, 1.807) is 30.3 Å². The number of aromatic nitrogens is 1. The molecular weight excluding hydrogens is 345 g/mol. The van der Waals surface area contributed by atoms with Gasteiger partial charge < -0.3 is 15.3 Å². The Morgan fingerprint density at radius 3 is 2.44 bits per heavy atom. The minimum Gasteiger partial charge on any atom is -0.390 e. The van der Waals surface area contributed by atoms with Gasteiger partial charge in [-0.05, 0) is 50.2 Å². The largest absolute Gasteiger partial charge is 0.390 e. The monoisotopic (exact) mass is 371 g/mol. The molecule has 27 heavy (non-hydrogen) atoms. The van der Waals surface area contributed by atoms with Crippen LogP contribution in [-0.4, -0.2) is 53.2 Å². The number of hydrogen-bond donors (Lipinski definition) is 2. The van der Waals surface area contributed by atoms with E-state index in [9.17, 15) is 14.3 Å². The van der Waals surface area contributed by atoms with Crippen LogP contribution in [0.3, 0.4) is 0 Å². The van der Waals surface area contributed by atoms with Crippen LogP contribution in [0.1, 0.15) is 36.0 Å². The molecule has 1 saturated heterocycles. The normalized spacial score (nSPS) is 16.5. The zero-order valence-electron chi connectivity index (χ0n) is 15.4. The number of β-amino-alcohol motifs (C(OH)–C–C–N with tert-alkyl or cyclic N) is 1. The molecule has 1 amide bonds. The molecule has 1 atom stereocenters. The summed E-state index contributed by atoms with van der Waals surface area (Å²) in [4.78, 5) is 18.6. The third-order valence-corrected chi connectivity index (χ3v) is 4.84. The first-order chi connectivity index (χ1) is 13.1. The molecule has 0 bridgehead atoms. The van der Waals surface area contributed by atoms with Gasteiger partial charge >= 0.3 is 0 Å². The highest BCUT2D eigenvalue weighted by atomic mass is 19.1. The molecule has 0 aliphatic carbocycles. The Balaban J connectivity index is 1.49. The Kier molecular flexibility index (Phi) is 6.90. The summed E-state index contributed by atoms with van der Waals surface area (Å²) in [6.45, 7) is 2.86. The summed E-state index contributed by atoms with van der Waals surface area (Å²) in [7, 11) is 0. The average Bonchev–Trinajstić information content (AvgIpc) is 2.95. The molecule has 0 radical (unpaired) electrons. The number of nitrogens with zero attached hydrogens (tertiary/aromatic N) is 2. The molecule has 0 unspecified atom stereocenters. The Hall–Kier alpha value is -2.31. The van der Waals surface area contributed by atoms with Crippen molar-refractivity contribution in [2.45, 2.75) is 31.8 Å². The zero-order valence-corrected chi connectivity index (χ0v) is 15.4. The highest BCUT2D eigenvalue weighted by molar-refractivity contribution is 5.94. The first-order valence-electron chi connectivity index (χ1n) is 9.52. The van der Waals surface area contributed by atoms with E-state index < -0.39 is 6.10 Å². The highest BCUT2D eigenvalue weighted by Crippen LogP contribution is 2.17. The summed E-state index contributed by atoms with van der Waals surface area (Å²) in [6, 6.07) is 9.93. The van der Waals surface area contributed by atoms with Gasteiger partial charge in [-0.25, -0.2) is 4.39 Å². The average molecular weight is 371 g/mol. The predicted molar refractivity (Wildman–Crippen MR) is 103 cm³/mol. The van der Waals surface area contributed by atoms with Crippen LogP contribution < -0.4 is 5.32 Å². The maximum absolute atomic E-state index is 13.0. The summed E-state index contributed by atoms with van der Waals surface area (Å²) in [5.74, 6) is -0.600. The summed E-state index contributed by atoms with van der Waals surface area (Å²) in [5, 5.41) is 13.0. The molecular formula is C21H26FN3O2. The molecule has 2 aromatic rings. The van der Waals surface area contributed by atoms with Gasteiger partial charge in [0.25, 0.3) is 5.91 Å². The SMILES string of the molecule is O=C(NC[C@H](O)CN1CCCCCC1)c1ccc(-c2ccc(F)cn2)cc1. The lowest BCUT2D eigenvalue weighted by Crippen LogP contribution is -2.40. The number of pyridine rings is 1. The number of amides is 1. The Morgan fingerprint density at radius 2 is 1.81 bits per heavy atom. The van der Waals surface area contributed by atoms with E-state index in [1.807, 2.05) is 0 Å². The molecule has 2 heterocycles. The maximum Gasteiger partial charge on any atom is 0.251 e. The number of likely N-dealkylation sites (tertiary alicyclic amines) is 1. The van der Waals surface area contributed by atoms with E-state index in [4.69, 9.17) is 0 Å². The van der Waals surface area contributed by atoms with Gasteiger partial charge in [-0.15, -0.1) is 0 Å². The van der Waals surface area contributed by atoms with Crippen LogP contribution in [0.4, 0.5) is 4.39 Å². The van der Waals surface area contributed by atoms with Crippen molar-refractivity contribution < 1.29 is 14.3 Å². The van der Waals surface area contributed by atoms with Crippen molar-refractivity contribution in [3.8, 4) is 11.3 Å². The number of aliphatic hydroxyl groups is 1. The second-order valence-corrected chi connectivity index (χ2v) is 7.02. The predicted octanol–water partition coefficient (Wildman–Crippen LogP) is 2.85. The van der Waals surface area contributed by atoms with Crippen molar-refractivity contribution in [2.75, 3.05) is 26.2 Å². The van der Waals surface area contributed by atoms with E-state index in [0.29, 0.717) is 17.8 Å². The smallest absolute Gasteiger partial charge is 0.251 e. The maximum atomic E-state index is 13.0. The van der Waals surface area contributed by atoms with E-state index in [1.165, 1.54) is 37.9 Å². The highest BCUT2D eigenvalue weighted by Gasteiger charge is 2.15. The van der Waals surface area contributed by atoms with Crippen LogP contribution in [-0.2, 0) is 0 Å². The van der Waals surface area contributed by atoms with Crippen molar-refractivity contribution in [3.05, 3.63) is 54.0 Å². The van der Waals surface area contributed by atoms with Gasteiger partial charge in [-0.3, -0.25) is 9.78 Å². The fourth-order valence-corrected chi connectivity index (χ4v) is 3.33. The third-order valence-electron chi connectivity index (χ3n) is 4.84. The third kappa shape index (κ3) is 5.84. The lowest BCUT2D eigenvalue weighted by atomic mass is 10.1. The summed E-state index contributed by atoms with van der Waals surface area (Å²) >= 11 is 0. The number of halogens is 1. The van der Waals surface area contributed by atoms with E-state index in [-0.39, 0.29) is 18.3 Å². The second-order valence-electron chi connectivity index (χ2n) is 7.02. The van der Waals surface area contributed by atoms with E-state index in [0.717, 1.165) is 18.7 Å². The van der Waals surface area contributed by atoms with Gasteiger partial charge in [-0.2, -0.15) is 0 Å². The molecule has 1 aliphatic rings. The van der Waals surface area contributed by atoms with Crippen molar-refractivity contribution in [2.24, 2.45) is 0 Å². The first kappa shape index (κ1) is 19.5. The molecule has 1 aromatic carbocycles. The fourth-order valence-electron chi connectivity index (χ4n) is 3.33. The summed E-state index contributed by atoms with van der Waals surface area (Å²) < 4.78 is 13.0. The van der Waals surface area contributed by atoms with E-state index >= 15 is 0 Å². The van der Waals surface area contributed by atoms with Crippen LogP contribution in [0, 0.1) is 5.82 Å². The van der Waals surface area contributed by atoms with Gasteiger partial charge in [0.05, 0.1) is 18.0 Å². The topological polar surface area (TPSA) is 65.5 Å². The zero-order chi connectivity index (χ0) is 19.1. The van der Waals surface area contributed by atoms with Crippen LogP contribution in [0.5, 0.6) is 0 Å². The molecule has 1 aliphatic heterocycles. The quantitative estimate of drug-likeness (QED) is 0.820. The number of carbonyl (C=O) groups excluding carboxylic acids is 1. The Morgan fingerprint density at radius 1 is 1.11 bits per heavy atom. The summed E-state index contributed by atoms with van der Waals surface area (Å²) in [5.41, 5.74) is 1.98. The second kappa shape index (κ2) is 9.58. The van der Waals surface area contributed by atoms with Gasteiger partial charge in [0.1, 0.15) is 5.82 Å². The number of benzene rings is 1. The summed E-state index contributed by atoms with van der Waals surface area (Å²) in [6.07, 6.45) is 5.46. The van der Waals surface area contributed by atoms with Gasteiger partial charge in [0, 0.05) is 24.2 Å². The van der Waals surface area contributed by atoms with Crippen LogP contribution in [0.2, 0.25) is 0 Å². The van der Waals surface area contributed by atoms with Crippen LogP contribution in [0.25, 0.3) is 11.3 Å². The molecule has 2 N–H and O–H groups in total. The fraction of sp³-hybridized carbons (Fsp3) is 0.429.